The SMILES string of the molecule is COc1ccc(CNC(=O)COC(=O)c2ccccc2SCc2cc(C)no2)cc1. The van der Waals surface area contributed by atoms with Crippen LogP contribution in [0.4, 0.5) is 0 Å². The summed E-state index contributed by atoms with van der Waals surface area (Å²) in [5.74, 6) is 1.08. The van der Waals surface area contributed by atoms with E-state index < -0.39 is 5.97 Å². The average Bonchev–Trinajstić information content (AvgIpc) is 3.20. The van der Waals surface area contributed by atoms with Gasteiger partial charge < -0.3 is 19.3 Å². The number of esters is 1. The number of hydrogen-bond donors (Lipinski definition) is 1. The van der Waals surface area contributed by atoms with Gasteiger partial charge in [-0.15, -0.1) is 11.8 Å². The Hall–Kier alpha value is -3.26. The number of carbonyl (C=O) groups is 2. The Morgan fingerprint density at radius 2 is 1.90 bits per heavy atom. The molecule has 8 heteroatoms. The van der Waals surface area contributed by atoms with Gasteiger partial charge in [0.25, 0.3) is 5.91 Å². The van der Waals surface area contributed by atoms with Gasteiger partial charge in [-0.3, -0.25) is 4.79 Å². The third kappa shape index (κ3) is 6.12. The summed E-state index contributed by atoms with van der Waals surface area (Å²) in [6.07, 6.45) is 0. The van der Waals surface area contributed by atoms with Crippen LogP contribution in [0.5, 0.6) is 5.75 Å². The summed E-state index contributed by atoms with van der Waals surface area (Å²) >= 11 is 1.44. The Labute approximate surface area is 178 Å². The number of aromatic nitrogens is 1. The molecule has 7 nitrogen and oxygen atoms in total. The molecule has 1 aromatic heterocycles. The first-order chi connectivity index (χ1) is 14.5. The molecule has 1 heterocycles. The second-order valence-corrected chi connectivity index (χ2v) is 7.44. The van der Waals surface area contributed by atoms with Gasteiger partial charge in [0.05, 0.1) is 24.1 Å². The van der Waals surface area contributed by atoms with Crippen LogP contribution in [0, 0.1) is 6.92 Å². The Morgan fingerprint density at radius 3 is 2.60 bits per heavy atom. The number of aryl methyl sites for hydroxylation is 1. The molecular formula is C22H22N2O5S. The lowest BCUT2D eigenvalue weighted by molar-refractivity contribution is -0.124. The van der Waals surface area contributed by atoms with Crippen molar-refractivity contribution < 1.29 is 23.6 Å². The lowest BCUT2D eigenvalue weighted by Gasteiger charge is -2.09. The summed E-state index contributed by atoms with van der Waals surface area (Å²) in [5.41, 5.74) is 2.13. The minimum absolute atomic E-state index is 0.337. The maximum Gasteiger partial charge on any atom is 0.339 e. The highest BCUT2D eigenvalue weighted by molar-refractivity contribution is 7.98. The van der Waals surface area contributed by atoms with E-state index in [1.54, 1.807) is 19.2 Å². The van der Waals surface area contributed by atoms with E-state index >= 15 is 0 Å². The number of methoxy groups -OCH3 is 1. The number of rotatable bonds is 9. The zero-order valence-corrected chi connectivity index (χ0v) is 17.5. The molecule has 0 bridgehead atoms. The maximum absolute atomic E-state index is 12.5. The molecule has 0 aliphatic heterocycles. The number of carbonyl (C=O) groups excluding carboxylic acids is 2. The van der Waals surface area contributed by atoms with Crippen molar-refractivity contribution in [3.63, 3.8) is 0 Å². The molecule has 3 aromatic rings. The Bertz CT molecular complexity index is 1000. The van der Waals surface area contributed by atoms with Crippen molar-refractivity contribution in [1.82, 2.24) is 10.5 Å². The molecule has 0 aliphatic rings. The number of hydrogen-bond acceptors (Lipinski definition) is 7. The van der Waals surface area contributed by atoms with Gasteiger partial charge in [0.15, 0.2) is 6.61 Å². The van der Waals surface area contributed by atoms with Crippen LogP contribution in [0.15, 0.2) is 64.0 Å². The van der Waals surface area contributed by atoms with Crippen LogP contribution >= 0.6 is 11.8 Å². The van der Waals surface area contributed by atoms with Crippen LogP contribution in [-0.2, 0) is 21.8 Å². The van der Waals surface area contributed by atoms with Crippen molar-refractivity contribution in [3.8, 4) is 5.75 Å². The molecule has 0 saturated carbocycles. The minimum atomic E-state index is -0.550. The fourth-order valence-electron chi connectivity index (χ4n) is 2.60. The van der Waals surface area contributed by atoms with Crippen molar-refractivity contribution >= 4 is 23.6 Å². The first kappa shape index (κ1) is 21.4. The number of nitrogens with zero attached hydrogens (tertiary/aromatic N) is 1. The predicted molar refractivity (Wildman–Crippen MR) is 112 cm³/mol. The molecule has 1 N–H and O–H groups in total. The predicted octanol–water partition coefficient (Wildman–Crippen LogP) is 3.76. The van der Waals surface area contributed by atoms with Crippen molar-refractivity contribution in [2.24, 2.45) is 0 Å². The molecule has 0 fully saturated rings. The van der Waals surface area contributed by atoms with Crippen LogP contribution in [0.25, 0.3) is 0 Å². The van der Waals surface area contributed by atoms with Gasteiger partial charge in [-0.25, -0.2) is 4.79 Å². The fraction of sp³-hybridized carbons (Fsp3) is 0.227. The van der Waals surface area contributed by atoms with E-state index in [0.29, 0.717) is 17.9 Å². The summed E-state index contributed by atoms with van der Waals surface area (Å²) in [6.45, 7) is 1.83. The molecule has 0 atom stereocenters. The monoisotopic (exact) mass is 426 g/mol. The number of ether oxygens (including phenoxy) is 2. The summed E-state index contributed by atoms with van der Waals surface area (Å²) in [7, 11) is 1.59. The smallest absolute Gasteiger partial charge is 0.339 e. The van der Waals surface area contributed by atoms with E-state index in [9.17, 15) is 9.59 Å². The zero-order valence-electron chi connectivity index (χ0n) is 16.7. The number of amides is 1. The van der Waals surface area contributed by atoms with E-state index in [1.165, 1.54) is 11.8 Å². The quantitative estimate of drug-likeness (QED) is 0.411. The molecule has 0 unspecified atom stereocenters. The summed E-state index contributed by atoms with van der Waals surface area (Å²) in [5, 5.41) is 6.58. The topological polar surface area (TPSA) is 90.7 Å². The minimum Gasteiger partial charge on any atom is -0.497 e. The summed E-state index contributed by atoms with van der Waals surface area (Å²) in [6, 6.07) is 16.3. The Balaban J connectivity index is 1.49. The molecule has 0 aliphatic carbocycles. The molecule has 0 saturated heterocycles. The maximum atomic E-state index is 12.5. The van der Waals surface area contributed by atoms with Gasteiger partial charge in [0.1, 0.15) is 11.5 Å². The largest absolute Gasteiger partial charge is 0.497 e. The Morgan fingerprint density at radius 1 is 1.13 bits per heavy atom. The van der Waals surface area contributed by atoms with E-state index in [2.05, 4.69) is 10.5 Å². The molecule has 156 valence electrons. The van der Waals surface area contributed by atoms with Gasteiger partial charge in [-0.05, 0) is 36.8 Å². The second-order valence-electron chi connectivity index (χ2n) is 6.42. The first-order valence-electron chi connectivity index (χ1n) is 9.26. The van der Waals surface area contributed by atoms with Crippen LogP contribution in [0.1, 0.15) is 27.4 Å². The number of benzene rings is 2. The normalized spacial score (nSPS) is 10.5. The van der Waals surface area contributed by atoms with Crippen molar-refractivity contribution in [2.45, 2.75) is 24.1 Å². The lowest BCUT2D eigenvalue weighted by Crippen LogP contribution is -2.28. The van der Waals surface area contributed by atoms with Crippen molar-refractivity contribution in [2.75, 3.05) is 13.7 Å². The highest BCUT2D eigenvalue weighted by Gasteiger charge is 2.15. The standard InChI is InChI=1S/C22H22N2O5S/c1-15-11-18(29-24-15)14-30-20-6-4-3-5-19(20)22(26)28-13-21(25)23-12-16-7-9-17(27-2)10-8-16/h3-11H,12-14H2,1-2H3,(H,23,25). The van der Waals surface area contributed by atoms with Crippen molar-refractivity contribution in [3.05, 3.63) is 77.2 Å². The van der Waals surface area contributed by atoms with Gasteiger partial charge >= 0.3 is 5.97 Å². The molecule has 2 aromatic carbocycles. The summed E-state index contributed by atoms with van der Waals surface area (Å²) < 4.78 is 15.5. The van der Waals surface area contributed by atoms with Crippen LogP contribution in [-0.4, -0.2) is 30.7 Å². The van der Waals surface area contributed by atoms with E-state index in [0.717, 1.165) is 27.7 Å². The molecule has 30 heavy (non-hydrogen) atoms. The highest BCUT2D eigenvalue weighted by Crippen LogP contribution is 2.27. The Kier molecular flexibility index (Phi) is 7.51. The van der Waals surface area contributed by atoms with Gasteiger partial charge in [0.2, 0.25) is 0 Å². The average molecular weight is 426 g/mol. The van der Waals surface area contributed by atoms with E-state index in [1.807, 2.05) is 49.4 Å². The molecule has 0 radical (unpaired) electrons. The number of nitrogens with one attached hydrogen (secondary N) is 1. The summed E-state index contributed by atoms with van der Waals surface area (Å²) in [4.78, 5) is 25.2. The zero-order chi connectivity index (χ0) is 21.3. The fourth-order valence-corrected chi connectivity index (χ4v) is 3.51. The van der Waals surface area contributed by atoms with Gasteiger partial charge in [-0.2, -0.15) is 0 Å². The molecule has 3 rings (SSSR count). The van der Waals surface area contributed by atoms with E-state index in [4.69, 9.17) is 14.0 Å². The highest BCUT2D eigenvalue weighted by atomic mass is 32.2. The molecule has 0 spiro atoms. The first-order valence-corrected chi connectivity index (χ1v) is 10.2. The molecule has 1 amide bonds. The lowest BCUT2D eigenvalue weighted by atomic mass is 10.2. The third-order valence-electron chi connectivity index (χ3n) is 4.14. The third-order valence-corrected chi connectivity index (χ3v) is 5.23. The van der Waals surface area contributed by atoms with Crippen molar-refractivity contribution in [1.29, 1.82) is 0 Å². The van der Waals surface area contributed by atoms with Crippen LogP contribution in [0.3, 0.4) is 0 Å². The number of thioether (sulfide) groups is 1. The second kappa shape index (κ2) is 10.5. The molecular weight excluding hydrogens is 404 g/mol. The van der Waals surface area contributed by atoms with Gasteiger partial charge in [-0.1, -0.05) is 29.4 Å². The van der Waals surface area contributed by atoms with Crippen LogP contribution in [0.2, 0.25) is 0 Å². The van der Waals surface area contributed by atoms with Gasteiger partial charge in [0, 0.05) is 17.5 Å². The van der Waals surface area contributed by atoms with E-state index in [-0.39, 0.29) is 12.5 Å². The van der Waals surface area contributed by atoms with Crippen LogP contribution < -0.4 is 10.1 Å².